The number of esters is 1. The molecule has 0 aliphatic heterocycles. The predicted molar refractivity (Wildman–Crippen MR) is 104 cm³/mol. The fourth-order valence-corrected chi connectivity index (χ4v) is 5.52. The van der Waals surface area contributed by atoms with Gasteiger partial charge in [-0.05, 0) is 45.6 Å². The minimum atomic E-state index is -0.294. The molecule has 136 valence electrons. The molecule has 8 heteroatoms. The third kappa shape index (κ3) is 2.97. The van der Waals surface area contributed by atoms with Crippen molar-refractivity contribution in [1.82, 2.24) is 15.0 Å². The molecule has 0 radical (unpaired) electrons. The van der Waals surface area contributed by atoms with Gasteiger partial charge in [-0.1, -0.05) is 0 Å². The predicted octanol–water partition coefficient (Wildman–Crippen LogP) is 4.43. The Hall–Kier alpha value is -2.06. The van der Waals surface area contributed by atoms with Gasteiger partial charge in [0.1, 0.15) is 21.9 Å². The molecule has 1 aliphatic rings. The van der Waals surface area contributed by atoms with Crippen LogP contribution in [0.4, 0.5) is 5.82 Å². The van der Waals surface area contributed by atoms with Crippen molar-refractivity contribution in [3.8, 4) is 0 Å². The van der Waals surface area contributed by atoms with Gasteiger partial charge in [-0.3, -0.25) is 0 Å². The standard InChI is InChI=1S/C18H20N4O2S2/c1-4-24-18(23)14-9(2)13-16(19-8-20-17(13)26-14)22-12-7-5-6-11-15(12)25-10(3)21-11/h8,12H,4-7H2,1-3H3,(H,19,20,22). The van der Waals surface area contributed by atoms with Crippen molar-refractivity contribution < 1.29 is 9.53 Å². The van der Waals surface area contributed by atoms with Gasteiger partial charge in [-0.25, -0.2) is 19.7 Å². The molecule has 3 aromatic heterocycles. The van der Waals surface area contributed by atoms with Crippen molar-refractivity contribution in [1.29, 1.82) is 0 Å². The number of aromatic nitrogens is 3. The molecule has 26 heavy (non-hydrogen) atoms. The summed E-state index contributed by atoms with van der Waals surface area (Å²) in [4.78, 5) is 28.4. The fourth-order valence-electron chi connectivity index (χ4n) is 3.42. The zero-order valence-electron chi connectivity index (χ0n) is 15.0. The molecule has 0 aromatic carbocycles. The largest absolute Gasteiger partial charge is 0.462 e. The van der Waals surface area contributed by atoms with Crippen molar-refractivity contribution >= 4 is 44.7 Å². The lowest BCUT2D eigenvalue weighted by molar-refractivity contribution is 0.0531. The van der Waals surface area contributed by atoms with Gasteiger partial charge >= 0.3 is 5.97 Å². The van der Waals surface area contributed by atoms with Gasteiger partial charge in [0.05, 0.1) is 33.6 Å². The van der Waals surface area contributed by atoms with Gasteiger partial charge in [0.25, 0.3) is 0 Å². The van der Waals surface area contributed by atoms with Gasteiger partial charge in [0.2, 0.25) is 0 Å². The number of fused-ring (bicyclic) bond motifs is 2. The molecular formula is C18H20N4O2S2. The number of anilines is 1. The summed E-state index contributed by atoms with van der Waals surface area (Å²) in [5.41, 5.74) is 2.08. The highest BCUT2D eigenvalue weighted by atomic mass is 32.1. The average molecular weight is 389 g/mol. The zero-order chi connectivity index (χ0) is 18.3. The molecule has 0 saturated carbocycles. The topological polar surface area (TPSA) is 77.0 Å². The van der Waals surface area contributed by atoms with Crippen LogP contribution in [0, 0.1) is 13.8 Å². The molecular weight excluding hydrogens is 368 g/mol. The van der Waals surface area contributed by atoms with Crippen LogP contribution in [-0.4, -0.2) is 27.5 Å². The Bertz CT molecular complexity index is 979. The molecule has 0 amide bonds. The summed E-state index contributed by atoms with van der Waals surface area (Å²) in [6.07, 6.45) is 4.76. The van der Waals surface area contributed by atoms with Gasteiger partial charge in [0, 0.05) is 0 Å². The van der Waals surface area contributed by atoms with Crippen LogP contribution in [0.25, 0.3) is 10.2 Å². The Labute approximate surface area is 159 Å². The minimum absolute atomic E-state index is 0.202. The molecule has 3 aromatic rings. The Balaban J connectivity index is 1.73. The second-order valence-electron chi connectivity index (χ2n) is 6.31. The highest BCUT2D eigenvalue weighted by molar-refractivity contribution is 7.20. The van der Waals surface area contributed by atoms with Crippen LogP contribution in [0.15, 0.2) is 6.33 Å². The summed E-state index contributed by atoms with van der Waals surface area (Å²) >= 11 is 3.12. The van der Waals surface area contributed by atoms with Gasteiger partial charge < -0.3 is 10.1 Å². The third-order valence-electron chi connectivity index (χ3n) is 4.56. The third-order valence-corrected chi connectivity index (χ3v) is 6.86. The Morgan fingerprint density at radius 2 is 2.19 bits per heavy atom. The van der Waals surface area contributed by atoms with Gasteiger partial charge in [0.15, 0.2) is 0 Å². The molecule has 4 rings (SSSR count). The van der Waals surface area contributed by atoms with Crippen LogP contribution in [0.1, 0.15) is 56.6 Å². The molecule has 3 heterocycles. The second-order valence-corrected chi connectivity index (χ2v) is 8.55. The van der Waals surface area contributed by atoms with Crippen LogP contribution in [0.3, 0.4) is 0 Å². The molecule has 0 spiro atoms. The first-order chi connectivity index (χ1) is 12.6. The van der Waals surface area contributed by atoms with Gasteiger partial charge in [-0.2, -0.15) is 0 Å². The monoisotopic (exact) mass is 388 g/mol. The van der Waals surface area contributed by atoms with E-state index in [9.17, 15) is 4.79 Å². The number of thiophene rings is 1. The Morgan fingerprint density at radius 3 is 3.00 bits per heavy atom. The van der Waals surface area contributed by atoms with E-state index in [-0.39, 0.29) is 12.0 Å². The number of carbonyl (C=O) groups is 1. The molecule has 1 unspecified atom stereocenters. The number of hydrogen-bond donors (Lipinski definition) is 1. The summed E-state index contributed by atoms with van der Waals surface area (Å²) in [5, 5.41) is 5.61. The first-order valence-electron chi connectivity index (χ1n) is 8.72. The smallest absolute Gasteiger partial charge is 0.348 e. The fraction of sp³-hybridized carbons (Fsp3) is 0.444. The van der Waals surface area contributed by atoms with Crippen LogP contribution in [-0.2, 0) is 11.2 Å². The van der Waals surface area contributed by atoms with Crippen molar-refractivity contribution in [2.24, 2.45) is 0 Å². The second kappa shape index (κ2) is 6.92. The Kier molecular flexibility index (Phi) is 4.62. The lowest BCUT2D eigenvalue weighted by Gasteiger charge is -2.23. The lowest BCUT2D eigenvalue weighted by Crippen LogP contribution is -2.16. The van der Waals surface area contributed by atoms with E-state index in [0.717, 1.165) is 45.9 Å². The van der Waals surface area contributed by atoms with Gasteiger partial charge in [-0.15, -0.1) is 22.7 Å². The number of thiazole rings is 1. The zero-order valence-corrected chi connectivity index (χ0v) is 16.6. The molecule has 1 aliphatic carbocycles. The quantitative estimate of drug-likeness (QED) is 0.666. The van der Waals surface area contributed by atoms with E-state index in [4.69, 9.17) is 4.74 Å². The minimum Gasteiger partial charge on any atom is -0.462 e. The maximum atomic E-state index is 12.2. The van der Waals surface area contributed by atoms with Crippen LogP contribution >= 0.6 is 22.7 Å². The molecule has 1 atom stereocenters. The maximum Gasteiger partial charge on any atom is 0.348 e. The number of aryl methyl sites for hydroxylation is 3. The number of hydrogen-bond acceptors (Lipinski definition) is 8. The lowest BCUT2D eigenvalue weighted by atomic mass is 9.98. The first kappa shape index (κ1) is 17.4. The SMILES string of the molecule is CCOC(=O)c1sc2ncnc(NC3CCCc4nc(C)sc43)c2c1C. The van der Waals surface area contributed by atoms with E-state index in [1.165, 1.54) is 21.9 Å². The molecule has 0 bridgehead atoms. The Morgan fingerprint density at radius 1 is 1.35 bits per heavy atom. The van der Waals surface area contributed by atoms with E-state index < -0.39 is 0 Å². The van der Waals surface area contributed by atoms with E-state index >= 15 is 0 Å². The number of rotatable bonds is 4. The van der Waals surface area contributed by atoms with Crippen molar-refractivity contribution in [3.05, 3.63) is 32.3 Å². The first-order valence-corrected chi connectivity index (χ1v) is 10.4. The average Bonchev–Trinajstić information content (AvgIpc) is 3.16. The molecule has 1 N–H and O–H groups in total. The van der Waals surface area contributed by atoms with Crippen molar-refractivity contribution in [2.75, 3.05) is 11.9 Å². The highest BCUT2D eigenvalue weighted by Gasteiger charge is 2.26. The summed E-state index contributed by atoms with van der Waals surface area (Å²) in [5.74, 6) is 0.486. The summed E-state index contributed by atoms with van der Waals surface area (Å²) in [6, 6.07) is 0.202. The van der Waals surface area contributed by atoms with E-state index in [2.05, 4.69) is 27.2 Å². The maximum absolute atomic E-state index is 12.2. The van der Waals surface area contributed by atoms with E-state index in [1.807, 2.05) is 13.8 Å². The highest BCUT2D eigenvalue weighted by Crippen LogP contribution is 2.39. The number of nitrogens with one attached hydrogen (secondary N) is 1. The van der Waals surface area contributed by atoms with Crippen LogP contribution in [0.5, 0.6) is 0 Å². The van der Waals surface area contributed by atoms with Crippen molar-refractivity contribution in [2.45, 2.75) is 46.1 Å². The summed E-state index contributed by atoms with van der Waals surface area (Å²) in [7, 11) is 0. The number of carbonyl (C=O) groups excluding carboxylic acids is 1. The molecule has 0 fully saturated rings. The molecule has 6 nitrogen and oxygen atoms in total. The summed E-state index contributed by atoms with van der Waals surface area (Å²) < 4.78 is 5.17. The normalized spacial score (nSPS) is 16.5. The number of ether oxygens (including phenoxy) is 1. The van der Waals surface area contributed by atoms with Crippen LogP contribution in [0.2, 0.25) is 0 Å². The molecule has 0 saturated heterocycles. The summed E-state index contributed by atoms with van der Waals surface area (Å²) in [6.45, 7) is 6.16. The van der Waals surface area contributed by atoms with Crippen molar-refractivity contribution in [3.63, 3.8) is 0 Å². The number of nitrogens with zero attached hydrogens (tertiary/aromatic N) is 3. The van der Waals surface area contributed by atoms with Crippen LogP contribution < -0.4 is 5.32 Å². The van der Waals surface area contributed by atoms with E-state index in [0.29, 0.717) is 11.5 Å². The van der Waals surface area contributed by atoms with E-state index in [1.54, 1.807) is 17.7 Å².